The van der Waals surface area contributed by atoms with Crippen LogP contribution in [-0.2, 0) is 14.8 Å². The van der Waals surface area contributed by atoms with Crippen molar-refractivity contribution in [3.63, 3.8) is 0 Å². The summed E-state index contributed by atoms with van der Waals surface area (Å²) >= 11 is 0. The molecular formula is C13H19N3O3S. The lowest BCUT2D eigenvalue weighted by Crippen LogP contribution is -2.34. The summed E-state index contributed by atoms with van der Waals surface area (Å²) in [5.41, 5.74) is 6.14. The van der Waals surface area contributed by atoms with Gasteiger partial charge < -0.3 is 11.1 Å². The zero-order valence-corrected chi connectivity index (χ0v) is 12.1. The molecule has 0 spiro atoms. The van der Waals surface area contributed by atoms with Crippen LogP contribution in [-0.4, -0.2) is 26.4 Å². The highest BCUT2D eigenvalue weighted by atomic mass is 32.2. The van der Waals surface area contributed by atoms with Gasteiger partial charge in [-0.2, -0.15) is 0 Å². The second-order valence-electron chi connectivity index (χ2n) is 4.92. The van der Waals surface area contributed by atoms with Crippen LogP contribution >= 0.6 is 0 Å². The monoisotopic (exact) mass is 297 g/mol. The number of anilines is 1. The zero-order valence-electron chi connectivity index (χ0n) is 11.3. The van der Waals surface area contributed by atoms with Crippen molar-refractivity contribution in [1.29, 1.82) is 0 Å². The predicted octanol–water partition coefficient (Wildman–Crippen LogP) is 0.803. The normalized spacial score (nSPS) is 16.7. The number of sulfonamides is 1. The Labute approximate surface area is 118 Å². The molecule has 0 bridgehead atoms. The Morgan fingerprint density at radius 2 is 1.95 bits per heavy atom. The second-order valence-corrected chi connectivity index (χ2v) is 6.64. The van der Waals surface area contributed by atoms with Crippen LogP contribution in [0.4, 0.5) is 5.69 Å². The van der Waals surface area contributed by atoms with Crippen LogP contribution in [0, 0.1) is 0 Å². The number of carbonyl (C=O) groups excluding carboxylic acids is 1. The van der Waals surface area contributed by atoms with Gasteiger partial charge in [-0.05, 0) is 43.5 Å². The molecule has 6 nitrogen and oxygen atoms in total. The van der Waals surface area contributed by atoms with Gasteiger partial charge in [0, 0.05) is 11.7 Å². The van der Waals surface area contributed by atoms with Gasteiger partial charge in [0.1, 0.15) is 0 Å². The largest absolute Gasteiger partial charge is 0.325 e. The zero-order chi connectivity index (χ0) is 14.8. The van der Waals surface area contributed by atoms with Gasteiger partial charge in [-0.3, -0.25) is 4.79 Å². The maximum Gasteiger partial charge on any atom is 0.241 e. The Bertz CT molecular complexity index is 579. The molecule has 0 saturated heterocycles. The van der Waals surface area contributed by atoms with Crippen LogP contribution in [0.5, 0.6) is 0 Å². The molecule has 1 saturated carbocycles. The summed E-state index contributed by atoms with van der Waals surface area (Å²) in [7, 11) is -3.45. The molecule has 20 heavy (non-hydrogen) atoms. The molecule has 0 heterocycles. The van der Waals surface area contributed by atoms with Gasteiger partial charge in [-0.25, -0.2) is 13.1 Å². The van der Waals surface area contributed by atoms with E-state index in [-0.39, 0.29) is 16.8 Å². The van der Waals surface area contributed by atoms with E-state index in [1.54, 1.807) is 12.1 Å². The van der Waals surface area contributed by atoms with Crippen LogP contribution in [0.15, 0.2) is 29.2 Å². The topological polar surface area (TPSA) is 101 Å². The molecule has 0 unspecified atom stereocenters. The first-order valence-electron chi connectivity index (χ1n) is 6.61. The van der Waals surface area contributed by atoms with Gasteiger partial charge in [0.15, 0.2) is 0 Å². The fraction of sp³-hybridized carbons (Fsp3) is 0.462. The molecule has 1 atom stereocenters. The molecule has 7 heteroatoms. The van der Waals surface area contributed by atoms with Gasteiger partial charge >= 0.3 is 0 Å². The smallest absolute Gasteiger partial charge is 0.241 e. The van der Waals surface area contributed by atoms with Crippen LogP contribution in [0.25, 0.3) is 0 Å². The summed E-state index contributed by atoms with van der Waals surface area (Å²) in [4.78, 5) is 11.8. The Hall–Kier alpha value is -1.44. The van der Waals surface area contributed by atoms with Gasteiger partial charge in [0.25, 0.3) is 0 Å². The predicted molar refractivity (Wildman–Crippen MR) is 76.7 cm³/mol. The van der Waals surface area contributed by atoms with E-state index in [9.17, 15) is 13.2 Å². The first-order chi connectivity index (χ1) is 9.42. The van der Waals surface area contributed by atoms with E-state index in [0.29, 0.717) is 12.1 Å². The number of benzene rings is 1. The van der Waals surface area contributed by atoms with Gasteiger partial charge in [-0.1, -0.05) is 6.92 Å². The minimum Gasteiger partial charge on any atom is -0.325 e. The van der Waals surface area contributed by atoms with Crippen molar-refractivity contribution in [2.24, 2.45) is 5.73 Å². The van der Waals surface area contributed by atoms with E-state index >= 15 is 0 Å². The summed E-state index contributed by atoms with van der Waals surface area (Å²) in [6.07, 6.45) is 2.33. The number of hydrogen-bond acceptors (Lipinski definition) is 4. The van der Waals surface area contributed by atoms with Crippen LogP contribution in [0.1, 0.15) is 26.2 Å². The third-order valence-electron chi connectivity index (χ3n) is 3.11. The molecule has 110 valence electrons. The number of nitrogens with one attached hydrogen (secondary N) is 2. The quantitative estimate of drug-likeness (QED) is 0.723. The first-order valence-corrected chi connectivity index (χ1v) is 8.09. The molecule has 1 aliphatic rings. The van der Waals surface area contributed by atoms with Gasteiger partial charge in [0.05, 0.1) is 10.9 Å². The van der Waals surface area contributed by atoms with Crippen molar-refractivity contribution in [1.82, 2.24) is 4.72 Å². The third kappa shape index (κ3) is 3.78. The van der Waals surface area contributed by atoms with Gasteiger partial charge in [0.2, 0.25) is 15.9 Å². The second kappa shape index (κ2) is 5.90. The van der Waals surface area contributed by atoms with Crippen molar-refractivity contribution in [2.45, 2.75) is 43.2 Å². The first kappa shape index (κ1) is 15.0. The Balaban J connectivity index is 2.04. The standard InChI is InChI=1S/C13H19N3O3S/c1-2-12(14)13(17)15-9-5-7-11(8-6-9)20(18,19)16-10-3-4-10/h5-8,10,12,16H,2-4,14H2,1H3,(H,15,17)/t12-/m0/s1. The number of carbonyl (C=O) groups is 1. The molecule has 2 rings (SSSR count). The molecular weight excluding hydrogens is 278 g/mol. The number of nitrogens with two attached hydrogens (primary N) is 1. The average molecular weight is 297 g/mol. The lowest BCUT2D eigenvalue weighted by Gasteiger charge is -2.11. The Morgan fingerprint density at radius 3 is 2.45 bits per heavy atom. The summed E-state index contributed by atoms with van der Waals surface area (Å²) < 4.78 is 26.5. The Morgan fingerprint density at radius 1 is 1.35 bits per heavy atom. The van der Waals surface area contributed by atoms with E-state index in [1.807, 2.05) is 6.92 Å². The minimum atomic E-state index is -3.45. The van der Waals surface area contributed by atoms with Crippen molar-refractivity contribution < 1.29 is 13.2 Å². The number of hydrogen-bond donors (Lipinski definition) is 3. The highest BCUT2D eigenvalue weighted by molar-refractivity contribution is 7.89. The van der Waals surface area contributed by atoms with E-state index in [4.69, 9.17) is 5.73 Å². The molecule has 0 aliphatic heterocycles. The molecule has 1 aromatic carbocycles. The van der Waals surface area contributed by atoms with E-state index < -0.39 is 16.1 Å². The summed E-state index contributed by atoms with van der Waals surface area (Å²) in [5.74, 6) is -0.279. The lowest BCUT2D eigenvalue weighted by atomic mass is 10.2. The van der Waals surface area contributed by atoms with Crippen molar-refractivity contribution >= 4 is 21.6 Å². The summed E-state index contributed by atoms with van der Waals surface area (Å²) in [6.45, 7) is 1.82. The average Bonchev–Trinajstić information content (AvgIpc) is 3.21. The molecule has 0 aromatic heterocycles. The third-order valence-corrected chi connectivity index (χ3v) is 4.64. The van der Waals surface area contributed by atoms with E-state index in [1.165, 1.54) is 12.1 Å². The van der Waals surface area contributed by atoms with Crippen molar-refractivity contribution in [3.8, 4) is 0 Å². The molecule has 1 aliphatic carbocycles. The number of rotatable bonds is 6. The minimum absolute atomic E-state index is 0.0712. The van der Waals surface area contributed by atoms with E-state index in [0.717, 1.165) is 12.8 Å². The highest BCUT2D eigenvalue weighted by Crippen LogP contribution is 2.22. The molecule has 0 radical (unpaired) electrons. The molecule has 1 aromatic rings. The maximum absolute atomic E-state index is 12.0. The highest BCUT2D eigenvalue weighted by Gasteiger charge is 2.27. The fourth-order valence-corrected chi connectivity index (χ4v) is 2.93. The SMILES string of the molecule is CC[C@H](N)C(=O)Nc1ccc(S(=O)(=O)NC2CC2)cc1. The number of amides is 1. The summed E-state index contributed by atoms with van der Waals surface area (Å²) in [5, 5.41) is 2.65. The van der Waals surface area contributed by atoms with Crippen LogP contribution < -0.4 is 15.8 Å². The molecule has 4 N–H and O–H groups in total. The van der Waals surface area contributed by atoms with Crippen molar-refractivity contribution in [2.75, 3.05) is 5.32 Å². The van der Waals surface area contributed by atoms with Crippen molar-refractivity contribution in [3.05, 3.63) is 24.3 Å². The Kier molecular flexibility index (Phi) is 4.42. The van der Waals surface area contributed by atoms with Crippen LogP contribution in [0.3, 0.4) is 0 Å². The summed E-state index contributed by atoms with van der Waals surface area (Å²) in [6, 6.07) is 5.57. The van der Waals surface area contributed by atoms with Gasteiger partial charge in [-0.15, -0.1) is 0 Å². The molecule has 1 fully saturated rings. The maximum atomic E-state index is 12.0. The van der Waals surface area contributed by atoms with E-state index in [2.05, 4.69) is 10.0 Å². The lowest BCUT2D eigenvalue weighted by molar-refractivity contribution is -0.117. The van der Waals surface area contributed by atoms with Crippen LogP contribution in [0.2, 0.25) is 0 Å². The fourth-order valence-electron chi connectivity index (χ4n) is 1.63. The molecule has 1 amide bonds.